The summed E-state index contributed by atoms with van der Waals surface area (Å²) < 4.78 is 5.17. The Balaban J connectivity index is 1.28. The van der Waals surface area contributed by atoms with Crippen LogP contribution >= 0.6 is 11.3 Å². The third kappa shape index (κ3) is 3.92. The summed E-state index contributed by atoms with van der Waals surface area (Å²) in [7, 11) is 0. The Morgan fingerprint density at radius 2 is 1.32 bits per heavy atom. The van der Waals surface area contributed by atoms with Crippen molar-refractivity contribution in [1.29, 1.82) is 0 Å². The van der Waals surface area contributed by atoms with Gasteiger partial charge in [-0.2, -0.15) is 0 Å². The molecule has 0 atom stereocenters. The highest BCUT2D eigenvalue weighted by atomic mass is 32.1. The Morgan fingerprint density at radius 1 is 0.591 bits per heavy atom. The van der Waals surface area contributed by atoms with E-state index in [1.165, 1.54) is 85.9 Å². The first-order valence-corrected chi connectivity index (χ1v) is 16.1. The average molecular weight is 580 g/mol. The van der Waals surface area contributed by atoms with Crippen LogP contribution in [0.5, 0.6) is 0 Å². The van der Waals surface area contributed by atoms with E-state index in [1.54, 1.807) is 0 Å². The minimum atomic E-state index is 0.939. The van der Waals surface area contributed by atoms with Gasteiger partial charge in [-0.1, -0.05) is 109 Å². The van der Waals surface area contributed by atoms with Gasteiger partial charge in [0.1, 0.15) is 0 Å². The molecule has 0 spiro atoms. The first-order valence-electron chi connectivity index (χ1n) is 15.2. The molecule has 0 N–H and O–H groups in total. The maximum Gasteiger partial charge on any atom is 0.0548 e. The number of allylic oxidation sites excluding steroid dienone is 2. The Hall–Kier alpha value is -5.18. The number of fused-ring (bicyclic) bond motifs is 10. The molecule has 0 saturated heterocycles. The predicted molar refractivity (Wildman–Crippen MR) is 192 cm³/mol. The smallest absolute Gasteiger partial charge is 0.0548 e. The maximum atomic E-state index is 2.47. The second-order valence-electron chi connectivity index (χ2n) is 11.8. The van der Waals surface area contributed by atoms with Gasteiger partial charge >= 0.3 is 0 Å². The fourth-order valence-electron chi connectivity index (χ4n) is 6.94. The summed E-state index contributed by atoms with van der Waals surface area (Å²) in [6.07, 6.45) is 3.27. The highest BCUT2D eigenvalue weighted by molar-refractivity contribution is 7.27. The van der Waals surface area contributed by atoms with E-state index >= 15 is 0 Å². The summed E-state index contributed by atoms with van der Waals surface area (Å²) in [6.45, 7) is 2.21. The SMILES string of the molecule is C/C(=C\Cc1ccccc1)c1ccc(-n2c3cc4ccccc4cc3c3c4c(ccc32)sc2c3ccccc3ccc24)cc1. The van der Waals surface area contributed by atoms with Crippen molar-refractivity contribution in [2.45, 2.75) is 13.3 Å². The minimum absolute atomic E-state index is 0.939. The lowest BCUT2D eigenvalue weighted by Gasteiger charge is -2.10. The van der Waals surface area contributed by atoms with E-state index < -0.39 is 0 Å². The van der Waals surface area contributed by atoms with Gasteiger partial charge in [0.25, 0.3) is 0 Å². The van der Waals surface area contributed by atoms with Gasteiger partial charge in [-0.25, -0.2) is 0 Å². The van der Waals surface area contributed by atoms with Gasteiger partial charge in [-0.05, 0) is 88.0 Å². The van der Waals surface area contributed by atoms with Gasteiger partial charge in [0.05, 0.1) is 11.0 Å². The van der Waals surface area contributed by atoms with E-state index in [1.807, 2.05) is 11.3 Å². The number of benzene rings is 7. The summed E-state index contributed by atoms with van der Waals surface area (Å²) >= 11 is 1.92. The van der Waals surface area contributed by atoms with Crippen molar-refractivity contribution in [2.75, 3.05) is 0 Å². The van der Waals surface area contributed by atoms with Crippen LogP contribution in [0.3, 0.4) is 0 Å². The molecular formula is C42H29NS. The molecule has 1 nitrogen and oxygen atoms in total. The molecule has 0 fully saturated rings. The van der Waals surface area contributed by atoms with Crippen LogP contribution in [0.4, 0.5) is 0 Å². The molecule has 44 heavy (non-hydrogen) atoms. The first kappa shape index (κ1) is 25.3. The van der Waals surface area contributed by atoms with Crippen molar-refractivity contribution in [3.63, 3.8) is 0 Å². The summed E-state index contributed by atoms with van der Waals surface area (Å²) in [4.78, 5) is 0. The third-order valence-electron chi connectivity index (χ3n) is 9.19. The molecule has 0 radical (unpaired) electrons. The number of hydrogen-bond acceptors (Lipinski definition) is 1. The molecule has 0 aliphatic heterocycles. The van der Waals surface area contributed by atoms with Crippen molar-refractivity contribution in [1.82, 2.24) is 4.57 Å². The summed E-state index contributed by atoms with van der Waals surface area (Å²) in [5.41, 5.74) is 7.57. The molecule has 0 amide bonds. The van der Waals surface area contributed by atoms with Gasteiger partial charge in [-0.15, -0.1) is 11.3 Å². The van der Waals surface area contributed by atoms with E-state index in [-0.39, 0.29) is 0 Å². The van der Waals surface area contributed by atoms with E-state index in [2.05, 4.69) is 157 Å². The van der Waals surface area contributed by atoms with Gasteiger partial charge in [-0.3, -0.25) is 0 Å². The molecule has 208 valence electrons. The van der Waals surface area contributed by atoms with E-state index in [0.29, 0.717) is 0 Å². The molecule has 0 saturated carbocycles. The molecule has 0 bridgehead atoms. The van der Waals surface area contributed by atoms with Crippen LogP contribution in [0.25, 0.3) is 74.8 Å². The molecule has 2 heteroatoms. The van der Waals surface area contributed by atoms with Crippen LogP contribution in [0.2, 0.25) is 0 Å². The van der Waals surface area contributed by atoms with Crippen LogP contribution in [0.1, 0.15) is 18.1 Å². The van der Waals surface area contributed by atoms with E-state index in [4.69, 9.17) is 0 Å². The van der Waals surface area contributed by atoms with E-state index in [0.717, 1.165) is 6.42 Å². The lowest BCUT2D eigenvalue weighted by molar-refractivity contribution is 1.18. The van der Waals surface area contributed by atoms with Gasteiger partial charge in [0, 0.05) is 36.6 Å². The fraction of sp³-hybridized carbons (Fsp3) is 0.0476. The van der Waals surface area contributed by atoms with Crippen LogP contribution in [-0.2, 0) is 6.42 Å². The molecule has 0 unspecified atom stereocenters. The second-order valence-corrected chi connectivity index (χ2v) is 12.8. The van der Waals surface area contributed by atoms with Crippen LogP contribution in [0.15, 0.2) is 146 Å². The van der Waals surface area contributed by atoms with Crippen molar-refractivity contribution in [2.24, 2.45) is 0 Å². The van der Waals surface area contributed by atoms with Crippen molar-refractivity contribution < 1.29 is 0 Å². The van der Waals surface area contributed by atoms with Crippen molar-refractivity contribution in [3.05, 3.63) is 157 Å². The van der Waals surface area contributed by atoms with E-state index in [9.17, 15) is 0 Å². The summed E-state index contributed by atoms with van der Waals surface area (Å²) in [6, 6.07) is 51.3. The molecule has 0 aliphatic carbocycles. The van der Waals surface area contributed by atoms with Crippen LogP contribution in [0, 0.1) is 0 Å². The van der Waals surface area contributed by atoms with Crippen LogP contribution in [-0.4, -0.2) is 4.57 Å². The maximum absolute atomic E-state index is 2.47. The molecule has 7 aromatic carbocycles. The molecule has 9 aromatic rings. The molecule has 0 aliphatic rings. The lowest BCUT2D eigenvalue weighted by atomic mass is 10.0. The zero-order valence-electron chi connectivity index (χ0n) is 24.4. The number of aromatic nitrogens is 1. The van der Waals surface area contributed by atoms with Crippen LogP contribution < -0.4 is 0 Å². The quantitative estimate of drug-likeness (QED) is 0.195. The number of thiophene rings is 1. The zero-order chi connectivity index (χ0) is 29.2. The highest BCUT2D eigenvalue weighted by Gasteiger charge is 2.19. The fourth-order valence-corrected chi connectivity index (χ4v) is 8.19. The molecule has 9 rings (SSSR count). The number of nitrogens with zero attached hydrogens (tertiary/aromatic N) is 1. The zero-order valence-corrected chi connectivity index (χ0v) is 25.2. The predicted octanol–water partition coefficient (Wildman–Crippen LogP) is 12.1. The third-order valence-corrected chi connectivity index (χ3v) is 10.4. The van der Waals surface area contributed by atoms with Gasteiger partial charge < -0.3 is 4.57 Å². The Kier molecular flexibility index (Phi) is 5.72. The minimum Gasteiger partial charge on any atom is -0.309 e. The van der Waals surface area contributed by atoms with Crippen molar-refractivity contribution in [3.8, 4) is 5.69 Å². The average Bonchev–Trinajstić information content (AvgIpc) is 3.62. The van der Waals surface area contributed by atoms with Crippen molar-refractivity contribution >= 4 is 80.4 Å². The number of rotatable bonds is 4. The highest BCUT2D eigenvalue weighted by Crippen LogP contribution is 2.46. The topological polar surface area (TPSA) is 4.93 Å². The molecule has 2 heterocycles. The Bertz CT molecular complexity index is 2560. The van der Waals surface area contributed by atoms with Gasteiger partial charge in [0.15, 0.2) is 0 Å². The monoisotopic (exact) mass is 579 g/mol. The Labute approximate surface area is 259 Å². The first-order chi connectivity index (χ1) is 21.7. The van der Waals surface area contributed by atoms with Gasteiger partial charge in [0.2, 0.25) is 0 Å². The summed E-state index contributed by atoms with van der Waals surface area (Å²) in [5.74, 6) is 0. The Morgan fingerprint density at radius 3 is 2.14 bits per heavy atom. The molecule has 2 aromatic heterocycles. The summed E-state index contributed by atoms with van der Waals surface area (Å²) in [5, 5.41) is 10.5. The number of hydrogen-bond donors (Lipinski definition) is 0. The normalized spacial score (nSPS) is 12.4. The second kappa shape index (κ2) is 9.94. The largest absolute Gasteiger partial charge is 0.309 e. The molecular weight excluding hydrogens is 551 g/mol. The lowest BCUT2D eigenvalue weighted by Crippen LogP contribution is -1.94. The standard InChI is InChI=1S/C42H29NS/c1-27(15-16-28-9-3-2-4-10-28)29-17-20-33(21-18-29)43-37-23-24-39-41(35-22-19-30-11-7-8-14-34(30)42(35)44-39)40(37)36-25-31-12-5-6-13-32(31)26-38(36)43/h2-15,17-26H,16H2,1H3/b27-15+.